The van der Waals surface area contributed by atoms with Gasteiger partial charge in [0.15, 0.2) is 0 Å². The number of rotatable bonds is 9. The number of thiophene rings is 1. The van der Waals surface area contributed by atoms with Crippen molar-refractivity contribution in [1.82, 2.24) is 5.32 Å². The third-order valence-electron chi connectivity index (χ3n) is 3.59. The summed E-state index contributed by atoms with van der Waals surface area (Å²) >= 11 is 1.08. The maximum atomic E-state index is 12.3. The highest BCUT2D eigenvalue weighted by atomic mass is 32.2. The average molecular weight is 396 g/mol. The number of nitrogens with one attached hydrogen (secondary N) is 2. The van der Waals surface area contributed by atoms with E-state index in [4.69, 9.17) is 0 Å². The van der Waals surface area contributed by atoms with E-state index in [1.54, 1.807) is 11.4 Å². The Hall–Kier alpha value is -2.39. The summed E-state index contributed by atoms with van der Waals surface area (Å²) in [5.41, 5.74) is 0.408. The highest BCUT2D eigenvalue weighted by Crippen LogP contribution is 2.21. The molecule has 140 valence electrons. The van der Waals surface area contributed by atoms with Gasteiger partial charge in [0.1, 0.15) is 10.3 Å². The molecule has 0 saturated heterocycles. The van der Waals surface area contributed by atoms with Crippen molar-refractivity contribution in [1.29, 1.82) is 0 Å². The molecule has 2 aromatic rings. The van der Waals surface area contributed by atoms with Gasteiger partial charge in [-0.25, -0.2) is 13.2 Å². The van der Waals surface area contributed by atoms with Crippen LogP contribution >= 0.6 is 11.3 Å². The minimum Gasteiger partial charge on any atom is -0.480 e. The van der Waals surface area contributed by atoms with Gasteiger partial charge in [-0.1, -0.05) is 31.9 Å². The number of carboxylic acids is 1. The predicted molar refractivity (Wildman–Crippen MR) is 100.0 cm³/mol. The second-order valence-electron chi connectivity index (χ2n) is 5.62. The van der Waals surface area contributed by atoms with Gasteiger partial charge in [0.2, 0.25) is 0 Å². The summed E-state index contributed by atoms with van der Waals surface area (Å²) in [6, 6.07) is 8.06. The van der Waals surface area contributed by atoms with Gasteiger partial charge in [0, 0.05) is 11.3 Å². The highest BCUT2D eigenvalue weighted by Gasteiger charge is 2.21. The van der Waals surface area contributed by atoms with Crippen LogP contribution in [-0.4, -0.2) is 31.4 Å². The fraction of sp³-hybridized carbons (Fsp3) is 0.294. The van der Waals surface area contributed by atoms with Crippen molar-refractivity contribution in [2.24, 2.45) is 0 Å². The van der Waals surface area contributed by atoms with E-state index < -0.39 is 27.9 Å². The number of carboxylic acid groups (broad SMARTS) is 1. The molecule has 0 fully saturated rings. The smallest absolute Gasteiger partial charge is 0.326 e. The summed E-state index contributed by atoms with van der Waals surface area (Å²) in [7, 11) is -3.72. The van der Waals surface area contributed by atoms with Crippen molar-refractivity contribution >= 4 is 38.9 Å². The van der Waals surface area contributed by atoms with Crippen molar-refractivity contribution in [3.05, 3.63) is 47.3 Å². The van der Waals surface area contributed by atoms with Crippen molar-refractivity contribution in [3.63, 3.8) is 0 Å². The van der Waals surface area contributed by atoms with E-state index in [1.807, 2.05) is 6.92 Å². The van der Waals surface area contributed by atoms with Gasteiger partial charge in [-0.2, -0.15) is 0 Å². The van der Waals surface area contributed by atoms with Crippen LogP contribution in [0.3, 0.4) is 0 Å². The second-order valence-corrected chi connectivity index (χ2v) is 8.48. The lowest BCUT2D eigenvalue weighted by Gasteiger charge is -2.14. The summed E-state index contributed by atoms with van der Waals surface area (Å²) in [6.07, 6.45) is 1.83. The molecule has 1 atom stereocenters. The van der Waals surface area contributed by atoms with Crippen LogP contribution in [0.25, 0.3) is 0 Å². The first-order valence-corrected chi connectivity index (χ1v) is 10.4. The minimum absolute atomic E-state index is 0.165. The molecular weight excluding hydrogens is 376 g/mol. The van der Waals surface area contributed by atoms with Crippen LogP contribution in [0, 0.1) is 0 Å². The molecule has 0 bridgehead atoms. The molecule has 0 aliphatic heterocycles. The van der Waals surface area contributed by atoms with E-state index in [0.29, 0.717) is 12.8 Å². The van der Waals surface area contributed by atoms with Crippen molar-refractivity contribution < 1.29 is 23.1 Å². The Bertz CT molecular complexity index is 863. The number of aliphatic carboxylic acids is 1. The van der Waals surface area contributed by atoms with Gasteiger partial charge >= 0.3 is 5.97 Å². The molecule has 9 heteroatoms. The predicted octanol–water partition coefficient (Wildman–Crippen LogP) is 2.92. The van der Waals surface area contributed by atoms with E-state index in [2.05, 4.69) is 10.0 Å². The molecule has 0 unspecified atom stereocenters. The zero-order valence-electron chi connectivity index (χ0n) is 14.1. The standard InChI is InChI=1S/C17H20N2O5S2/c1-2-3-8-14(17(21)22)18-16(20)12-6-4-7-13(11-12)19-26(23,24)15-9-5-10-25-15/h4-7,9-11,14,19H,2-3,8H2,1H3,(H,18,20)(H,21,22)/t14-/m0/s1. The Morgan fingerprint density at radius 3 is 2.62 bits per heavy atom. The summed E-state index contributed by atoms with van der Waals surface area (Å²) in [5.74, 6) is -1.66. The van der Waals surface area contributed by atoms with E-state index in [0.717, 1.165) is 17.8 Å². The lowest BCUT2D eigenvalue weighted by atomic mass is 10.1. The van der Waals surface area contributed by atoms with Gasteiger partial charge in [-0.15, -0.1) is 11.3 Å². The molecule has 0 aliphatic carbocycles. The summed E-state index contributed by atoms with van der Waals surface area (Å²) in [5, 5.41) is 13.3. The number of hydrogen-bond donors (Lipinski definition) is 3. The van der Waals surface area contributed by atoms with Crippen LogP contribution in [0.1, 0.15) is 36.5 Å². The minimum atomic E-state index is -3.72. The zero-order valence-corrected chi connectivity index (χ0v) is 15.8. The third-order valence-corrected chi connectivity index (χ3v) is 6.37. The molecule has 7 nitrogen and oxygen atoms in total. The summed E-state index contributed by atoms with van der Waals surface area (Å²) < 4.78 is 27.1. The van der Waals surface area contributed by atoms with E-state index in [9.17, 15) is 23.1 Å². The number of hydrogen-bond acceptors (Lipinski definition) is 5. The first-order valence-electron chi connectivity index (χ1n) is 8.03. The fourth-order valence-electron chi connectivity index (χ4n) is 2.25. The number of amides is 1. The SMILES string of the molecule is CCCC[C@H](NC(=O)c1cccc(NS(=O)(=O)c2cccs2)c1)C(=O)O. The number of benzene rings is 1. The fourth-order valence-corrected chi connectivity index (χ4v) is 4.30. The summed E-state index contributed by atoms with van der Waals surface area (Å²) in [6.45, 7) is 1.93. The molecular formula is C17H20N2O5S2. The zero-order chi connectivity index (χ0) is 19.2. The Morgan fingerprint density at radius 1 is 1.23 bits per heavy atom. The number of unbranched alkanes of at least 4 members (excludes halogenated alkanes) is 1. The van der Waals surface area contributed by atoms with Crippen LogP contribution < -0.4 is 10.0 Å². The molecule has 0 saturated carbocycles. The number of anilines is 1. The highest BCUT2D eigenvalue weighted by molar-refractivity contribution is 7.94. The Morgan fingerprint density at radius 2 is 2.00 bits per heavy atom. The Kier molecular flexibility index (Phi) is 6.76. The van der Waals surface area contributed by atoms with E-state index in [1.165, 1.54) is 30.3 Å². The molecule has 26 heavy (non-hydrogen) atoms. The van der Waals surface area contributed by atoms with Crippen molar-refractivity contribution in [2.75, 3.05) is 4.72 Å². The van der Waals surface area contributed by atoms with Crippen LogP contribution in [0.2, 0.25) is 0 Å². The van der Waals surface area contributed by atoms with Crippen LogP contribution in [-0.2, 0) is 14.8 Å². The molecule has 2 rings (SSSR count). The largest absolute Gasteiger partial charge is 0.480 e. The Balaban J connectivity index is 2.13. The third kappa shape index (κ3) is 5.30. The monoisotopic (exact) mass is 396 g/mol. The normalized spacial score (nSPS) is 12.3. The Labute approximate surface area is 156 Å². The van der Waals surface area contributed by atoms with Gasteiger partial charge in [-0.05, 0) is 36.1 Å². The lowest BCUT2D eigenvalue weighted by Crippen LogP contribution is -2.40. The van der Waals surface area contributed by atoms with Crippen molar-refractivity contribution in [2.45, 2.75) is 36.4 Å². The molecule has 1 aromatic carbocycles. The summed E-state index contributed by atoms with van der Waals surface area (Å²) in [4.78, 5) is 23.6. The van der Waals surface area contributed by atoms with Crippen molar-refractivity contribution in [3.8, 4) is 0 Å². The molecule has 0 radical (unpaired) electrons. The number of sulfonamides is 1. The molecule has 0 aliphatic rings. The van der Waals surface area contributed by atoms with Gasteiger partial charge in [0.25, 0.3) is 15.9 Å². The van der Waals surface area contributed by atoms with Crippen LogP contribution in [0.15, 0.2) is 46.0 Å². The molecule has 0 spiro atoms. The molecule has 1 aromatic heterocycles. The van der Waals surface area contributed by atoms with Gasteiger partial charge in [-0.3, -0.25) is 9.52 Å². The van der Waals surface area contributed by atoms with Gasteiger partial charge < -0.3 is 10.4 Å². The first-order chi connectivity index (χ1) is 12.3. The number of carbonyl (C=O) groups is 2. The maximum absolute atomic E-state index is 12.3. The second kappa shape index (κ2) is 8.81. The van der Waals surface area contributed by atoms with Crippen LogP contribution in [0.5, 0.6) is 0 Å². The quantitative estimate of drug-likeness (QED) is 0.603. The average Bonchev–Trinajstić information content (AvgIpc) is 3.13. The molecule has 3 N–H and O–H groups in total. The molecule has 1 amide bonds. The first kappa shape index (κ1) is 19.9. The maximum Gasteiger partial charge on any atom is 0.326 e. The van der Waals surface area contributed by atoms with E-state index in [-0.39, 0.29) is 15.5 Å². The van der Waals surface area contributed by atoms with E-state index >= 15 is 0 Å². The molecule has 1 heterocycles. The van der Waals surface area contributed by atoms with Gasteiger partial charge in [0.05, 0.1) is 0 Å². The van der Waals surface area contributed by atoms with Crippen LogP contribution in [0.4, 0.5) is 5.69 Å². The number of carbonyl (C=O) groups excluding carboxylic acids is 1. The topological polar surface area (TPSA) is 113 Å². The lowest BCUT2D eigenvalue weighted by molar-refractivity contribution is -0.139.